The second-order valence-electron chi connectivity index (χ2n) is 5.56. The maximum Gasteiger partial charge on any atom is 0.273 e. The van der Waals surface area contributed by atoms with Crippen molar-refractivity contribution in [1.82, 2.24) is 0 Å². The van der Waals surface area contributed by atoms with Gasteiger partial charge in [0.25, 0.3) is 5.69 Å². The van der Waals surface area contributed by atoms with Crippen LogP contribution < -0.4 is 10.1 Å². The summed E-state index contributed by atoms with van der Waals surface area (Å²) in [4.78, 5) is 22.4. The van der Waals surface area contributed by atoms with Crippen molar-refractivity contribution in [2.24, 2.45) is 17.8 Å². The van der Waals surface area contributed by atoms with E-state index in [0.717, 1.165) is 24.7 Å². The topological polar surface area (TPSA) is 81.5 Å². The number of nitro benzene ring substituents is 1. The van der Waals surface area contributed by atoms with Crippen LogP contribution in [0.1, 0.15) is 19.3 Å². The summed E-state index contributed by atoms with van der Waals surface area (Å²) in [6, 6.07) is 4.20. The predicted octanol–water partition coefficient (Wildman–Crippen LogP) is 2.59. The molecule has 106 valence electrons. The predicted molar refractivity (Wildman–Crippen MR) is 72.6 cm³/mol. The van der Waals surface area contributed by atoms with Gasteiger partial charge in [-0.15, -0.1) is 0 Å². The number of nitrogens with one attached hydrogen (secondary N) is 1. The highest BCUT2D eigenvalue weighted by Crippen LogP contribution is 2.54. The van der Waals surface area contributed by atoms with Crippen LogP contribution in [0.3, 0.4) is 0 Å². The van der Waals surface area contributed by atoms with Crippen molar-refractivity contribution in [3.8, 4) is 5.75 Å². The number of anilines is 1. The number of fused-ring (bicyclic) bond motifs is 1. The van der Waals surface area contributed by atoms with E-state index in [1.165, 1.54) is 31.7 Å². The molecule has 2 unspecified atom stereocenters. The number of nitrogens with zero attached hydrogens (tertiary/aromatic N) is 1. The molecule has 0 saturated heterocycles. The van der Waals surface area contributed by atoms with E-state index in [9.17, 15) is 14.9 Å². The van der Waals surface area contributed by atoms with Gasteiger partial charge in [0.15, 0.2) is 0 Å². The lowest BCUT2D eigenvalue weighted by atomic mass is 10.0. The van der Waals surface area contributed by atoms with Gasteiger partial charge in [0.1, 0.15) is 5.75 Å². The SMILES string of the molecule is COc1cc([N+](=O)[O-])ccc1NC(=O)C1CC2CC2C1. The van der Waals surface area contributed by atoms with Crippen LogP contribution in [0, 0.1) is 27.9 Å². The number of hydrogen-bond acceptors (Lipinski definition) is 4. The number of non-ortho nitro benzene ring substituents is 1. The molecule has 2 atom stereocenters. The van der Waals surface area contributed by atoms with Gasteiger partial charge >= 0.3 is 0 Å². The molecule has 3 rings (SSSR count). The van der Waals surface area contributed by atoms with E-state index in [2.05, 4.69) is 5.32 Å². The molecule has 20 heavy (non-hydrogen) atoms. The smallest absolute Gasteiger partial charge is 0.273 e. The number of benzene rings is 1. The minimum atomic E-state index is -0.487. The van der Waals surface area contributed by atoms with E-state index >= 15 is 0 Å². The maximum absolute atomic E-state index is 12.2. The van der Waals surface area contributed by atoms with Crippen molar-refractivity contribution >= 4 is 17.3 Å². The highest BCUT2D eigenvalue weighted by atomic mass is 16.6. The van der Waals surface area contributed by atoms with Crippen LogP contribution in [0.5, 0.6) is 5.75 Å². The van der Waals surface area contributed by atoms with Crippen LogP contribution in [0.2, 0.25) is 0 Å². The van der Waals surface area contributed by atoms with E-state index in [1.54, 1.807) is 0 Å². The van der Waals surface area contributed by atoms with E-state index < -0.39 is 4.92 Å². The molecule has 6 nitrogen and oxygen atoms in total. The van der Waals surface area contributed by atoms with Gasteiger partial charge < -0.3 is 10.1 Å². The number of methoxy groups -OCH3 is 1. The summed E-state index contributed by atoms with van der Waals surface area (Å²) in [6.07, 6.45) is 3.20. The van der Waals surface area contributed by atoms with Crippen molar-refractivity contribution in [3.05, 3.63) is 28.3 Å². The van der Waals surface area contributed by atoms with E-state index in [4.69, 9.17) is 4.74 Å². The van der Waals surface area contributed by atoms with Gasteiger partial charge in [0, 0.05) is 12.0 Å². The summed E-state index contributed by atoms with van der Waals surface area (Å²) >= 11 is 0. The molecule has 2 saturated carbocycles. The largest absolute Gasteiger partial charge is 0.494 e. The Morgan fingerprint density at radius 1 is 1.35 bits per heavy atom. The fourth-order valence-electron chi connectivity index (χ4n) is 3.06. The molecule has 2 fully saturated rings. The Morgan fingerprint density at radius 3 is 2.65 bits per heavy atom. The quantitative estimate of drug-likeness (QED) is 0.677. The monoisotopic (exact) mass is 276 g/mol. The van der Waals surface area contributed by atoms with Crippen LogP contribution in [0.25, 0.3) is 0 Å². The number of carbonyl (C=O) groups is 1. The molecule has 1 aromatic rings. The number of carbonyl (C=O) groups excluding carboxylic acids is 1. The first-order valence-electron chi connectivity index (χ1n) is 6.71. The van der Waals surface area contributed by atoms with Gasteiger partial charge in [-0.05, 0) is 37.2 Å². The lowest BCUT2D eigenvalue weighted by Crippen LogP contribution is -2.21. The lowest BCUT2D eigenvalue weighted by molar-refractivity contribution is -0.384. The zero-order valence-electron chi connectivity index (χ0n) is 11.2. The first-order valence-corrected chi connectivity index (χ1v) is 6.71. The molecular formula is C14H16N2O4. The van der Waals surface area contributed by atoms with Crippen LogP contribution in [-0.4, -0.2) is 17.9 Å². The van der Waals surface area contributed by atoms with Crippen LogP contribution in [0.4, 0.5) is 11.4 Å². The highest BCUT2D eigenvalue weighted by Gasteiger charge is 2.48. The molecule has 1 amide bonds. The zero-order valence-corrected chi connectivity index (χ0v) is 11.2. The zero-order chi connectivity index (χ0) is 14.3. The molecule has 0 radical (unpaired) electrons. The first kappa shape index (κ1) is 12.9. The van der Waals surface area contributed by atoms with E-state index in [-0.39, 0.29) is 17.5 Å². The van der Waals surface area contributed by atoms with Crippen molar-refractivity contribution in [3.63, 3.8) is 0 Å². The highest BCUT2D eigenvalue weighted by molar-refractivity contribution is 5.94. The molecule has 2 aliphatic rings. The summed E-state index contributed by atoms with van der Waals surface area (Å²) in [5.41, 5.74) is 0.436. The lowest BCUT2D eigenvalue weighted by Gasteiger charge is -2.14. The summed E-state index contributed by atoms with van der Waals surface area (Å²) in [5, 5.41) is 13.5. The van der Waals surface area contributed by atoms with Crippen molar-refractivity contribution in [2.45, 2.75) is 19.3 Å². The van der Waals surface area contributed by atoms with Crippen molar-refractivity contribution < 1.29 is 14.5 Å². The number of amides is 1. The maximum atomic E-state index is 12.2. The molecule has 1 aromatic carbocycles. The van der Waals surface area contributed by atoms with Crippen molar-refractivity contribution in [2.75, 3.05) is 12.4 Å². The van der Waals surface area contributed by atoms with Crippen LogP contribution in [-0.2, 0) is 4.79 Å². The molecule has 6 heteroatoms. The average molecular weight is 276 g/mol. The summed E-state index contributed by atoms with van der Waals surface area (Å²) in [6.45, 7) is 0. The molecule has 0 bridgehead atoms. The van der Waals surface area contributed by atoms with Gasteiger partial charge in [-0.2, -0.15) is 0 Å². The third-order valence-corrected chi connectivity index (χ3v) is 4.27. The standard InChI is InChI=1S/C14H16N2O4/c1-20-13-7-11(16(18)19)2-3-12(13)15-14(17)10-5-8-4-9(8)6-10/h2-3,7-10H,4-6H2,1H3,(H,15,17). The van der Waals surface area contributed by atoms with Gasteiger partial charge in [0.2, 0.25) is 5.91 Å². The van der Waals surface area contributed by atoms with Gasteiger partial charge in [-0.25, -0.2) is 0 Å². The Hall–Kier alpha value is -2.11. The molecule has 2 aliphatic carbocycles. The van der Waals surface area contributed by atoms with Gasteiger partial charge in [-0.1, -0.05) is 0 Å². The molecule has 0 heterocycles. The fraction of sp³-hybridized carbons (Fsp3) is 0.500. The molecule has 1 N–H and O–H groups in total. The Balaban J connectivity index is 1.72. The summed E-state index contributed by atoms with van der Waals surface area (Å²) in [7, 11) is 1.43. The number of nitro groups is 1. The van der Waals surface area contributed by atoms with Crippen LogP contribution >= 0.6 is 0 Å². The van der Waals surface area contributed by atoms with Gasteiger partial charge in [0.05, 0.1) is 23.8 Å². The Bertz CT molecular complexity index is 562. The minimum absolute atomic E-state index is 0.00986. The van der Waals surface area contributed by atoms with Crippen molar-refractivity contribution in [1.29, 1.82) is 0 Å². The molecule has 0 spiro atoms. The van der Waals surface area contributed by atoms with E-state index in [0.29, 0.717) is 11.4 Å². The number of ether oxygens (including phenoxy) is 1. The Morgan fingerprint density at radius 2 is 2.05 bits per heavy atom. The minimum Gasteiger partial charge on any atom is -0.494 e. The molecule has 0 aromatic heterocycles. The summed E-state index contributed by atoms with van der Waals surface area (Å²) < 4.78 is 5.11. The second-order valence-corrected chi connectivity index (χ2v) is 5.56. The third kappa shape index (κ3) is 2.33. The normalized spacial score (nSPS) is 26.8. The van der Waals surface area contributed by atoms with E-state index in [1.807, 2.05) is 0 Å². The Kier molecular flexibility index (Phi) is 3.08. The molecule has 0 aliphatic heterocycles. The number of hydrogen-bond donors (Lipinski definition) is 1. The average Bonchev–Trinajstić information content (AvgIpc) is 3.05. The summed E-state index contributed by atoms with van der Waals surface area (Å²) in [5.74, 6) is 1.85. The Labute approximate surface area is 116 Å². The van der Waals surface area contributed by atoms with Crippen LogP contribution in [0.15, 0.2) is 18.2 Å². The van der Waals surface area contributed by atoms with Gasteiger partial charge in [-0.3, -0.25) is 14.9 Å². The third-order valence-electron chi connectivity index (χ3n) is 4.27. The molecular weight excluding hydrogens is 260 g/mol. The second kappa shape index (κ2) is 4.77. The fourth-order valence-corrected chi connectivity index (χ4v) is 3.06. The first-order chi connectivity index (χ1) is 9.58. The number of rotatable bonds is 4.